The van der Waals surface area contributed by atoms with Gasteiger partial charge in [-0.25, -0.2) is 0 Å². The summed E-state index contributed by atoms with van der Waals surface area (Å²) in [6.45, 7) is 0.450. The number of nitrogens with one attached hydrogen (secondary N) is 1. The van der Waals surface area contributed by atoms with Crippen LogP contribution in [0.15, 0.2) is 30.6 Å². The van der Waals surface area contributed by atoms with Crippen LogP contribution in [0.3, 0.4) is 0 Å². The van der Waals surface area contributed by atoms with Crippen molar-refractivity contribution in [3.05, 3.63) is 30.6 Å². The van der Waals surface area contributed by atoms with Gasteiger partial charge in [0.2, 0.25) is 0 Å². The van der Waals surface area contributed by atoms with Crippen LogP contribution >= 0.6 is 12.4 Å². The van der Waals surface area contributed by atoms with Gasteiger partial charge < -0.3 is 20.4 Å². The molecule has 124 valence electrons. The maximum Gasteiger partial charge on any atom is 0.253 e. The van der Waals surface area contributed by atoms with Gasteiger partial charge in [-0.05, 0) is 25.0 Å². The Hall–Kier alpha value is -1.96. The van der Waals surface area contributed by atoms with Crippen LogP contribution in [0.1, 0.15) is 12.8 Å². The van der Waals surface area contributed by atoms with E-state index in [4.69, 9.17) is 10.5 Å². The van der Waals surface area contributed by atoms with E-state index < -0.39 is 6.10 Å². The quantitative estimate of drug-likeness (QED) is 0.878. The third-order valence-electron chi connectivity index (χ3n) is 3.76. The number of amides is 1. The SMILES string of the molecule is Cl.Cn1cnnc1-c1cccc(NC(=O)[C@@H]2CC[C@H](CN)O2)c1. The van der Waals surface area contributed by atoms with E-state index in [2.05, 4.69) is 15.5 Å². The van der Waals surface area contributed by atoms with E-state index in [0.717, 1.165) is 17.8 Å². The number of hydrogen-bond donors (Lipinski definition) is 2. The summed E-state index contributed by atoms with van der Waals surface area (Å²) in [4.78, 5) is 12.2. The Labute approximate surface area is 140 Å². The van der Waals surface area contributed by atoms with Crippen molar-refractivity contribution in [2.75, 3.05) is 11.9 Å². The van der Waals surface area contributed by atoms with Crippen molar-refractivity contribution in [1.29, 1.82) is 0 Å². The zero-order chi connectivity index (χ0) is 15.5. The molecule has 0 bridgehead atoms. The van der Waals surface area contributed by atoms with Gasteiger partial charge in [0.1, 0.15) is 12.4 Å². The van der Waals surface area contributed by atoms with Crippen LogP contribution in [0, 0.1) is 0 Å². The predicted molar refractivity (Wildman–Crippen MR) is 89.3 cm³/mol. The molecule has 2 aromatic rings. The van der Waals surface area contributed by atoms with Crippen LogP contribution in [-0.2, 0) is 16.6 Å². The van der Waals surface area contributed by atoms with E-state index in [9.17, 15) is 4.79 Å². The van der Waals surface area contributed by atoms with Crippen LogP contribution in [0.2, 0.25) is 0 Å². The summed E-state index contributed by atoms with van der Waals surface area (Å²) in [6, 6.07) is 7.51. The van der Waals surface area contributed by atoms with Gasteiger partial charge in [0.15, 0.2) is 5.82 Å². The first-order chi connectivity index (χ1) is 10.7. The molecule has 8 heteroatoms. The second-order valence-electron chi connectivity index (χ2n) is 5.40. The molecule has 1 aromatic carbocycles. The van der Waals surface area contributed by atoms with Crippen molar-refractivity contribution < 1.29 is 9.53 Å². The second-order valence-corrected chi connectivity index (χ2v) is 5.40. The third-order valence-corrected chi connectivity index (χ3v) is 3.76. The van der Waals surface area contributed by atoms with Gasteiger partial charge in [-0.3, -0.25) is 4.79 Å². The lowest BCUT2D eigenvalue weighted by Crippen LogP contribution is -2.29. The smallest absolute Gasteiger partial charge is 0.253 e. The summed E-state index contributed by atoms with van der Waals surface area (Å²) < 4.78 is 7.43. The third kappa shape index (κ3) is 3.87. The Morgan fingerprint density at radius 2 is 2.30 bits per heavy atom. The molecule has 0 radical (unpaired) electrons. The number of hydrogen-bond acceptors (Lipinski definition) is 5. The van der Waals surface area contributed by atoms with Crippen molar-refractivity contribution in [1.82, 2.24) is 14.8 Å². The van der Waals surface area contributed by atoms with Gasteiger partial charge in [-0.2, -0.15) is 0 Å². The molecule has 1 aliphatic heterocycles. The van der Waals surface area contributed by atoms with E-state index in [0.29, 0.717) is 18.7 Å². The number of carbonyl (C=O) groups excluding carboxylic acids is 1. The Balaban J connectivity index is 0.00000192. The summed E-state index contributed by atoms with van der Waals surface area (Å²) in [5, 5.41) is 10.8. The number of nitrogens with two attached hydrogens (primary N) is 1. The van der Waals surface area contributed by atoms with Crippen molar-refractivity contribution in [3.63, 3.8) is 0 Å². The number of halogens is 1. The Kier molecular flexibility index (Phi) is 5.70. The van der Waals surface area contributed by atoms with Crippen LogP contribution < -0.4 is 11.1 Å². The minimum absolute atomic E-state index is 0. The standard InChI is InChI=1S/C15H19N5O2.ClH/c1-20-9-17-19-14(20)10-3-2-4-11(7-10)18-15(21)13-6-5-12(8-16)22-13;/h2-4,7,9,12-13H,5-6,8,16H2,1H3,(H,18,21);1H/t12-,13+;/m1./s1. The molecule has 1 aromatic heterocycles. The summed E-state index contributed by atoms with van der Waals surface area (Å²) in [5.41, 5.74) is 7.17. The molecule has 0 unspecified atom stereocenters. The molecule has 3 N–H and O–H groups in total. The summed E-state index contributed by atoms with van der Waals surface area (Å²) in [7, 11) is 1.87. The number of carbonyl (C=O) groups is 1. The lowest BCUT2D eigenvalue weighted by Gasteiger charge is -2.13. The molecule has 1 amide bonds. The number of rotatable bonds is 4. The van der Waals surface area contributed by atoms with Gasteiger partial charge in [0.05, 0.1) is 6.10 Å². The highest BCUT2D eigenvalue weighted by Gasteiger charge is 2.29. The minimum atomic E-state index is -0.424. The minimum Gasteiger partial charge on any atom is -0.364 e. The lowest BCUT2D eigenvalue weighted by atomic mass is 10.1. The summed E-state index contributed by atoms with van der Waals surface area (Å²) in [6.07, 6.45) is 2.73. The average Bonchev–Trinajstić information content (AvgIpc) is 3.16. The fourth-order valence-electron chi connectivity index (χ4n) is 2.58. The van der Waals surface area contributed by atoms with Crippen LogP contribution in [0.25, 0.3) is 11.4 Å². The molecule has 2 heterocycles. The maximum atomic E-state index is 12.2. The van der Waals surface area contributed by atoms with Gasteiger partial charge in [0, 0.05) is 24.8 Å². The first kappa shape index (κ1) is 17.4. The normalized spacial score (nSPS) is 20.1. The van der Waals surface area contributed by atoms with Crippen molar-refractivity contribution in [2.45, 2.75) is 25.0 Å². The lowest BCUT2D eigenvalue weighted by molar-refractivity contribution is -0.126. The fraction of sp³-hybridized carbons (Fsp3) is 0.400. The van der Waals surface area contributed by atoms with Crippen molar-refractivity contribution in [2.24, 2.45) is 12.8 Å². The number of aryl methyl sites for hydroxylation is 1. The van der Waals surface area contributed by atoms with E-state index in [-0.39, 0.29) is 24.4 Å². The molecule has 0 saturated carbocycles. The number of anilines is 1. The predicted octanol–water partition coefficient (Wildman–Crippen LogP) is 1.35. The Morgan fingerprint density at radius 3 is 2.96 bits per heavy atom. The number of benzene rings is 1. The highest BCUT2D eigenvalue weighted by atomic mass is 35.5. The summed E-state index contributed by atoms with van der Waals surface area (Å²) in [5.74, 6) is 0.613. The van der Waals surface area contributed by atoms with E-state index in [1.54, 1.807) is 6.33 Å². The molecule has 7 nitrogen and oxygen atoms in total. The first-order valence-electron chi connectivity index (χ1n) is 7.28. The zero-order valence-corrected chi connectivity index (χ0v) is 13.6. The fourth-order valence-corrected chi connectivity index (χ4v) is 2.58. The molecule has 1 saturated heterocycles. The van der Waals surface area contributed by atoms with Gasteiger partial charge in [-0.1, -0.05) is 12.1 Å². The van der Waals surface area contributed by atoms with E-state index >= 15 is 0 Å². The second kappa shape index (κ2) is 7.54. The number of ether oxygens (including phenoxy) is 1. The van der Waals surface area contributed by atoms with E-state index in [1.807, 2.05) is 35.9 Å². The maximum absolute atomic E-state index is 12.2. The zero-order valence-electron chi connectivity index (χ0n) is 12.8. The highest BCUT2D eigenvalue weighted by Crippen LogP contribution is 2.23. The molecular formula is C15H20ClN5O2. The molecule has 1 aliphatic rings. The average molecular weight is 338 g/mol. The molecular weight excluding hydrogens is 318 g/mol. The van der Waals surface area contributed by atoms with Crippen molar-refractivity contribution >= 4 is 24.0 Å². The largest absolute Gasteiger partial charge is 0.364 e. The highest BCUT2D eigenvalue weighted by molar-refractivity contribution is 5.94. The molecule has 0 aliphatic carbocycles. The molecule has 2 atom stereocenters. The number of aromatic nitrogens is 3. The monoisotopic (exact) mass is 337 g/mol. The Morgan fingerprint density at radius 1 is 1.48 bits per heavy atom. The van der Waals surface area contributed by atoms with Crippen molar-refractivity contribution in [3.8, 4) is 11.4 Å². The molecule has 23 heavy (non-hydrogen) atoms. The van der Waals surface area contributed by atoms with Gasteiger partial charge in [0.25, 0.3) is 5.91 Å². The Bertz CT molecular complexity index is 675. The van der Waals surface area contributed by atoms with Crippen LogP contribution in [-0.4, -0.2) is 39.4 Å². The topological polar surface area (TPSA) is 95.1 Å². The van der Waals surface area contributed by atoms with Gasteiger partial charge >= 0.3 is 0 Å². The molecule has 3 rings (SSSR count). The van der Waals surface area contributed by atoms with Crippen LogP contribution in [0.4, 0.5) is 5.69 Å². The summed E-state index contributed by atoms with van der Waals surface area (Å²) >= 11 is 0. The molecule has 1 fully saturated rings. The first-order valence-corrected chi connectivity index (χ1v) is 7.28. The number of nitrogens with zero attached hydrogens (tertiary/aromatic N) is 3. The van der Waals surface area contributed by atoms with Gasteiger partial charge in [-0.15, -0.1) is 22.6 Å². The van der Waals surface area contributed by atoms with E-state index in [1.165, 1.54) is 0 Å². The molecule has 0 spiro atoms. The van der Waals surface area contributed by atoms with Crippen LogP contribution in [0.5, 0.6) is 0 Å².